The molecule has 124 valence electrons. The summed E-state index contributed by atoms with van der Waals surface area (Å²) in [4.78, 5) is 14.3. The van der Waals surface area contributed by atoms with Crippen molar-refractivity contribution in [1.82, 2.24) is 0 Å². The molecule has 0 N–H and O–H groups in total. The Morgan fingerprint density at radius 2 is 1.92 bits per heavy atom. The Kier molecular flexibility index (Phi) is 5.13. The number of benzene rings is 2. The molecular formula is C20H16N2O3. The zero-order valence-corrected chi connectivity index (χ0v) is 13.5. The lowest BCUT2D eigenvalue weighted by Crippen LogP contribution is -2.34. The number of rotatable bonds is 6. The molecule has 1 amide bonds. The van der Waals surface area contributed by atoms with Crippen LogP contribution in [0.1, 0.15) is 11.3 Å². The van der Waals surface area contributed by atoms with Crippen molar-refractivity contribution in [2.75, 3.05) is 11.5 Å². The summed E-state index contributed by atoms with van der Waals surface area (Å²) in [6.45, 7) is 0.182. The molecule has 0 spiro atoms. The van der Waals surface area contributed by atoms with Crippen molar-refractivity contribution in [2.45, 2.75) is 6.54 Å². The second-order valence-corrected chi connectivity index (χ2v) is 5.32. The van der Waals surface area contributed by atoms with E-state index in [9.17, 15) is 4.79 Å². The number of nitrogens with zero attached hydrogens (tertiary/aromatic N) is 2. The van der Waals surface area contributed by atoms with Gasteiger partial charge in [-0.25, -0.2) is 0 Å². The number of carbonyl (C=O) groups is 1. The molecule has 0 saturated heterocycles. The van der Waals surface area contributed by atoms with Gasteiger partial charge in [0.2, 0.25) is 0 Å². The molecular weight excluding hydrogens is 316 g/mol. The first-order valence-corrected chi connectivity index (χ1v) is 7.77. The van der Waals surface area contributed by atoms with Crippen LogP contribution in [0.15, 0.2) is 77.4 Å². The maximum absolute atomic E-state index is 12.7. The van der Waals surface area contributed by atoms with Crippen molar-refractivity contribution in [3.63, 3.8) is 0 Å². The average Bonchev–Trinajstić information content (AvgIpc) is 3.18. The Morgan fingerprint density at radius 1 is 1.08 bits per heavy atom. The number of furan rings is 1. The van der Waals surface area contributed by atoms with Crippen LogP contribution in [0.4, 0.5) is 5.69 Å². The van der Waals surface area contributed by atoms with Crippen molar-refractivity contribution >= 4 is 11.6 Å². The van der Waals surface area contributed by atoms with Gasteiger partial charge >= 0.3 is 0 Å². The van der Waals surface area contributed by atoms with Crippen LogP contribution in [0.25, 0.3) is 0 Å². The monoisotopic (exact) mass is 332 g/mol. The highest BCUT2D eigenvalue weighted by molar-refractivity contribution is 5.94. The molecule has 0 radical (unpaired) electrons. The molecule has 1 heterocycles. The first-order valence-electron chi connectivity index (χ1n) is 7.77. The summed E-state index contributed by atoms with van der Waals surface area (Å²) in [6.07, 6.45) is 1.58. The molecule has 3 rings (SSSR count). The van der Waals surface area contributed by atoms with E-state index in [1.165, 1.54) is 0 Å². The summed E-state index contributed by atoms with van der Waals surface area (Å²) in [5.74, 6) is 0.965. The highest BCUT2D eigenvalue weighted by Crippen LogP contribution is 2.18. The van der Waals surface area contributed by atoms with Crippen molar-refractivity contribution in [3.8, 4) is 11.8 Å². The predicted molar refractivity (Wildman–Crippen MR) is 93.0 cm³/mol. The lowest BCUT2D eigenvalue weighted by molar-refractivity contribution is -0.120. The number of carbonyl (C=O) groups excluding carboxylic acids is 1. The molecule has 2 aromatic carbocycles. The van der Waals surface area contributed by atoms with E-state index < -0.39 is 0 Å². The smallest absolute Gasteiger partial charge is 0.265 e. The van der Waals surface area contributed by atoms with Crippen LogP contribution in [-0.4, -0.2) is 12.5 Å². The largest absolute Gasteiger partial charge is 0.484 e. The van der Waals surface area contributed by atoms with E-state index in [4.69, 9.17) is 14.4 Å². The minimum Gasteiger partial charge on any atom is -0.484 e. The Morgan fingerprint density at radius 3 is 2.64 bits per heavy atom. The second kappa shape index (κ2) is 7.84. The normalized spacial score (nSPS) is 10.0. The third kappa shape index (κ3) is 4.27. The minimum absolute atomic E-state index is 0.134. The van der Waals surface area contributed by atoms with Crippen LogP contribution in [0.3, 0.4) is 0 Å². The van der Waals surface area contributed by atoms with Crippen molar-refractivity contribution in [1.29, 1.82) is 5.26 Å². The maximum Gasteiger partial charge on any atom is 0.265 e. The first kappa shape index (κ1) is 16.3. The second-order valence-electron chi connectivity index (χ2n) is 5.32. The fraction of sp³-hybridized carbons (Fsp3) is 0.100. The van der Waals surface area contributed by atoms with Crippen LogP contribution in [0.2, 0.25) is 0 Å². The topological polar surface area (TPSA) is 66.5 Å². The molecule has 0 aliphatic carbocycles. The Balaban J connectivity index is 1.73. The zero-order chi connectivity index (χ0) is 17.5. The number of hydrogen-bond acceptors (Lipinski definition) is 4. The molecule has 25 heavy (non-hydrogen) atoms. The van der Waals surface area contributed by atoms with Crippen LogP contribution in [-0.2, 0) is 11.3 Å². The minimum atomic E-state index is -0.204. The number of nitriles is 1. The van der Waals surface area contributed by atoms with Crippen LogP contribution >= 0.6 is 0 Å². The molecule has 3 aromatic rings. The number of para-hydroxylation sites is 1. The van der Waals surface area contributed by atoms with Gasteiger partial charge in [-0.1, -0.05) is 24.3 Å². The Hall–Kier alpha value is -3.52. The molecule has 5 heteroatoms. The third-order valence-electron chi connectivity index (χ3n) is 3.59. The van der Waals surface area contributed by atoms with E-state index in [1.54, 1.807) is 41.5 Å². The zero-order valence-electron chi connectivity index (χ0n) is 13.5. The summed E-state index contributed by atoms with van der Waals surface area (Å²) in [6, 6.07) is 21.7. The molecule has 0 atom stereocenters. The van der Waals surface area contributed by atoms with Gasteiger partial charge in [0.15, 0.2) is 6.61 Å². The maximum atomic E-state index is 12.7. The SMILES string of the molecule is N#Cc1cccc(OCC(=O)N(Cc2ccco2)c2ccccc2)c1. The summed E-state index contributed by atoms with van der Waals surface area (Å²) in [7, 11) is 0. The van der Waals surface area contributed by atoms with Gasteiger partial charge in [-0.05, 0) is 42.5 Å². The molecule has 5 nitrogen and oxygen atoms in total. The molecule has 0 unspecified atom stereocenters. The molecule has 0 aliphatic heterocycles. The number of amides is 1. The molecule has 0 fully saturated rings. The molecule has 0 bridgehead atoms. The predicted octanol–water partition coefficient (Wildman–Crippen LogP) is 3.76. The van der Waals surface area contributed by atoms with Gasteiger partial charge in [0.05, 0.1) is 24.4 Å². The van der Waals surface area contributed by atoms with Crippen molar-refractivity contribution < 1.29 is 13.9 Å². The molecule has 1 aromatic heterocycles. The quantitative estimate of drug-likeness (QED) is 0.689. The van der Waals surface area contributed by atoms with Gasteiger partial charge in [0.25, 0.3) is 5.91 Å². The van der Waals surface area contributed by atoms with Gasteiger partial charge in [0, 0.05) is 5.69 Å². The van der Waals surface area contributed by atoms with Crippen LogP contribution in [0, 0.1) is 11.3 Å². The van der Waals surface area contributed by atoms with Gasteiger partial charge in [0.1, 0.15) is 11.5 Å². The van der Waals surface area contributed by atoms with Crippen LogP contribution < -0.4 is 9.64 Å². The van der Waals surface area contributed by atoms with Gasteiger partial charge < -0.3 is 14.1 Å². The summed E-state index contributed by atoms with van der Waals surface area (Å²) in [5, 5.41) is 8.93. The Bertz CT molecular complexity index is 867. The van der Waals surface area contributed by atoms with E-state index in [2.05, 4.69) is 0 Å². The van der Waals surface area contributed by atoms with E-state index in [-0.39, 0.29) is 12.5 Å². The standard InChI is InChI=1S/C20H16N2O3/c21-13-16-6-4-9-18(12-16)25-15-20(23)22(14-19-10-5-11-24-19)17-7-2-1-3-8-17/h1-12H,14-15H2. The van der Waals surface area contributed by atoms with Crippen molar-refractivity contribution in [2.24, 2.45) is 0 Å². The van der Waals surface area contributed by atoms with Gasteiger partial charge in [-0.2, -0.15) is 5.26 Å². The fourth-order valence-electron chi connectivity index (χ4n) is 2.37. The van der Waals surface area contributed by atoms with Crippen LogP contribution in [0.5, 0.6) is 5.75 Å². The summed E-state index contributed by atoms with van der Waals surface area (Å²) < 4.78 is 10.9. The molecule has 0 aliphatic rings. The van der Waals surface area contributed by atoms with Gasteiger partial charge in [-0.15, -0.1) is 0 Å². The van der Waals surface area contributed by atoms with E-state index >= 15 is 0 Å². The first-order chi connectivity index (χ1) is 12.3. The van der Waals surface area contributed by atoms with E-state index in [1.807, 2.05) is 42.5 Å². The lowest BCUT2D eigenvalue weighted by Gasteiger charge is -2.22. The van der Waals surface area contributed by atoms with E-state index in [0.29, 0.717) is 23.6 Å². The highest BCUT2D eigenvalue weighted by Gasteiger charge is 2.18. The fourth-order valence-corrected chi connectivity index (χ4v) is 2.37. The highest BCUT2D eigenvalue weighted by atomic mass is 16.5. The summed E-state index contributed by atoms with van der Waals surface area (Å²) >= 11 is 0. The van der Waals surface area contributed by atoms with E-state index in [0.717, 1.165) is 5.69 Å². The third-order valence-corrected chi connectivity index (χ3v) is 3.59. The van der Waals surface area contributed by atoms with Crippen molar-refractivity contribution in [3.05, 3.63) is 84.3 Å². The molecule has 0 saturated carbocycles. The van der Waals surface area contributed by atoms with Gasteiger partial charge in [-0.3, -0.25) is 4.79 Å². The number of hydrogen-bond donors (Lipinski definition) is 0. The average molecular weight is 332 g/mol. The number of anilines is 1. The summed E-state index contributed by atoms with van der Waals surface area (Å²) in [5.41, 5.74) is 1.25. The number of ether oxygens (including phenoxy) is 1. The lowest BCUT2D eigenvalue weighted by atomic mass is 10.2. The Labute approximate surface area is 145 Å².